The van der Waals surface area contributed by atoms with E-state index in [-0.39, 0.29) is 11.7 Å². The van der Waals surface area contributed by atoms with Gasteiger partial charge in [0.1, 0.15) is 5.75 Å². The number of nitrogens with one attached hydrogen (secondary N) is 1. The number of carbonyl (C=O) groups excluding carboxylic acids is 1. The maximum Gasteiger partial charge on any atom is 0.255 e. The second-order valence-corrected chi connectivity index (χ2v) is 8.27. The van der Waals surface area contributed by atoms with Crippen molar-refractivity contribution in [3.05, 3.63) is 89.8 Å². The van der Waals surface area contributed by atoms with Gasteiger partial charge >= 0.3 is 0 Å². The fourth-order valence-corrected chi connectivity index (χ4v) is 3.76. The topological polar surface area (TPSA) is 77.3 Å². The maximum atomic E-state index is 12.7. The SMILES string of the molecule is CN(C)c1ccc(/N=N/c2ccc(C(=O)Nc3cc(-c4cccs4)ccc3O)cc2)cc1. The Kier molecular flexibility index (Phi) is 6.28. The molecule has 0 saturated heterocycles. The molecule has 0 bridgehead atoms. The number of azo groups is 1. The van der Waals surface area contributed by atoms with Crippen LogP contribution in [0, 0.1) is 0 Å². The van der Waals surface area contributed by atoms with Gasteiger partial charge in [-0.05, 0) is 83.7 Å². The molecule has 0 unspecified atom stereocenters. The van der Waals surface area contributed by atoms with Gasteiger partial charge < -0.3 is 15.3 Å². The molecule has 6 nitrogen and oxygen atoms in total. The van der Waals surface area contributed by atoms with Crippen molar-refractivity contribution < 1.29 is 9.90 Å². The minimum atomic E-state index is -0.314. The van der Waals surface area contributed by atoms with Crippen LogP contribution in [-0.4, -0.2) is 25.1 Å². The first-order valence-electron chi connectivity index (χ1n) is 9.97. The molecule has 0 fully saturated rings. The highest BCUT2D eigenvalue weighted by atomic mass is 32.1. The van der Waals surface area contributed by atoms with Crippen LogP contribution < -0.4 is 10.2 Å². The van der Waals surface area contributed by atoms with E-state index in [1.54, 1.807) is 47.7 Å². The minimum Gasteiger partial charge on any atom is -0.506 e. The van der Waals surface area contributed by atoms with Gasteiger partial charge in [0, 0.05) is 30.2 Å². The van der Waals surface area contributed by atoms with Gasteiger partial charge in [0.15, 0.2) is 0 Å². The average Bonchev–Trinajstić information content (AvgIpc) is 3.35. The normalized spacial score (nSPS) is 10.9. The number of hydrogen-bond acceptors (Lipinski definition) is 6. The standard InChI is InChI=1S/C25H22N4O2S/c1-29(2)21-12-10-20(11-13-21)28-27-19-8-5-17(6-9-19)25(31)26-22-16-18(7-14-23(22)30)24-4-3-15-32-24/h3-16,30H,1-2H3,(H,26,31)/b28-27+. The van der Waals surface area contributed by atoms with Crippen LogP contribution in [0.1, 0.15) is 10.4 Å². The monoisotopic (exact) mass is 442 g/mol. The van der Waals surface area contributed by atoms with Gasteiger partial charge in [-0.3, -0.25) is 4.79 Å². The molecular weight excluding hydrogens is 420 g/mol. The third-order valence-electron chi connectivity index (χ3n) is 4.83. The van der Waals surface area contributed by atoms with Crippen LogP contribution in [0.25, 0.3) is 10.4 Å². The number of aromatic hydroxyl groups is 1. The number of anilines is 2. The van der Waals surface area contributed by atoms with Gasteiger partial charge in [-0.1, -0.05) is 6.07 Å². The molecule has 0 saturated carbocycles. The lowest BCUT2D eigenvalue weighted by atomic mass is 10.1. The molecule has 0 aliphatic rings. The van der Waals surface area contributed by atoms with Crippen molar-refractivity contribution in [2.45, 2.75) is 0 Å². The first-order valence-corrected chi connectivity index (χ1v) is 10.8. The lowest BCUT2D eigenvalue weighted by molar-refractivity contribution is 0.102. The van der Waals surface area contributed by atoms with Crippen molar-refractivity contribution in [2.75, 3.05) is 24.3 Å². The minimum absolute atomic E-state index is 0.0179. The van der Waals surface area contributed by atoms with E-state index in [0.717, 1.165) is 21.8 Å². The van der Waals surface area contributed by atoms with E-state index in [2.05, 4.69) is 15.5 Å². The molecule has 1 aromatic heterocycles. The molecule has 1 heterocycles. The number of nitrogens with zero attached hydrogens (tertiary/aromatic N) is 3. The van der Waals surface area contributed by atoms with Gasteiger partial charge in [-0.25, -0.2) is 0 Å². The second kappa shape index (κ2) is 9.45. The molecule has 4 aromatic rings. The molecule has 0 spiro atoms. The Labute approximate surface area is 190 Å². The second-order valence-electron chi connectivity index (χ2n) is 7.32. The summed E-state index contributed by atoms with van der Waals surface area (Å²) in [6.07, 6.45) is 0. The zero-order chi connectivity index (χ0) is 22.5. The Morgan fingerprint density at radius 3 is 2.16 bits per heavy atom. The highest BCUT2D eigenvalue weighted by Crippen LogP contribution is 2.32. The maximum absolute atomic E-state index is 12.7. The van der Waals surface area contributed by atoms with Crippen molar-refractivity contribution in [2.24, 2.45) is 10.2 Å². The van der Waals surface area contributed by atoms with Crippen molar-refractivity contribution in [1.29, 1.82) is 0 Å². The Morgan fingerprint density at radius 1 is 0.906 bits per heavy atom. The van der Waals surface area contributed by atoms with Crippen LogP contribution in [0.15, 0.2) is 94.5 Å². The summed E-state index contributed by atoms with van der Waals surface area (Å²) in [6.45, 7) is 0. The van der Waals surface area contributed by atoms with Gasteiger partial charge in [0.05, 0.1) is 17.1 Å². The van der Waals surface area contributed by atoms with E-state index in [4.69, 9.17) is 0 Å². The predicted octanol–water partition coefficient (Wildman–Crippen LogP) is 6.85. The van der Waals surface area contributed by atoms with E-state index < -0.39 is 0 Å². The van der Waals surface area contributed by atoms with E-state index in [1.807, 2.05) is 66.8 Å². The summed E-state index contributed by atoms with van der Waals surface area (Å²) in [5.41, 5.74) is 4.24. The van der Waals surface area contributed by atoms with Crippen molar-refractivity contribution in [1.82, 2.24) is 0 Å². The van der Waals surface area contributed by atoms with Crippen molar-refractivity contribution >= 4 is 40.0 Å². The number of phenols is 1. The summed E-state index contributed by atoms with van der Waals surface area (Å²) in [5, 5.41) is 23.4. The molecule has 2 N–H and O–H groups in total. The van der Waals surface area contributed by atoms with Crippen LogP contribution in [0.3, 0.4) is 0 Å². The summed E-state index contributed by atoms with van der Waals surface area (Å²) in [7, 11) is 3.96. The fraction of sp³-hybridized carbons (Fsp3) is 0.0800. The molecule has 0 aliphatic carbocycles. The number of amides is 1. The van der Waals surface area contributed by atoms with Gasteiger partial charge in [0.25, 0.3) is 5.91 Å². The summed E-state index contributed by atoms with van der Waals surface area (Å²) < 4.78 is 0. The molecular formula is C25H22N4O2S. The summed E-state index contributed by atoms with van der Waals surface area (Å²) >= 11 is 1.60. The Bertz CT molecular complexity index is 1230. The van der Waals surface area contributed by atoms with Crippen LogP contribution >= 0.6 is 11.3 Å². The molecule has 0 radical (unpaired) electrons. The zero-order valence-electron chi connectivity index (χ0n) is 17.7. The Hall–Kier alpha value is -3.97. The number of carbonyl (C=O) groups is 1. The third-order valence-corrected chi connectivity index (χ3v) is 5.75. The van der Waals surface area contributed by atoms with Gasteiger partial charge in [0.2, 0.25) is 0 Å². The molecule has 3 aromatic carbocycles. The van der Waals surface area contributed by atoms with Crippen LogP contribution in [0.5, 0.6) is 5.75 Å². The number of benzene rings is 3. The smallest absolute Gasteiger partial charge is 0.255 e. The lowest BCUT2D eigenvalue weighted by Gasteiger charge is -2.11. The van der Waals surface area contributed by atoms with Gasteiger partial charge in [-0.15, -0.1) is 11.3 Å². The highest BCUT2D eigenvalue weighted by molar-refractivity contribution is 7.13. The first kappa shape index (κ1) is 21.3. The molecule has 0 aliphatic heterocycles. The number of thiophene rings is 1. The van der Waals surface area contributed by atoms with E-state index in [1.165, 1.54) is 0 Å². The molecule has 32 heavy (non-hydrogen) atoms. The summed E-state index contributed by atoms with van der Waals surface area (Å²) in [5.74, 6) is -0.296. The van der Waals surface area contributed by atoms with Crippen molar-refractivity contribution in [3.63, 3.8) is 0 Å². The molecule has 0 atom stereocenters. The fourth-order valence-electron chi connectivity index (χ4n) is 3.04. The quantitative estimate of drug-likeness (QED) is 0.253. The number of hydrogen-bond donors (Lipinski definition) is 2. The molecule has 160 valence electrons. The molecule has 7 heteroatoms. The van der Waals surface area contributed by atoms with Gasteiger partial charge in [-0.2, -0.15) is 10.2 Å². The largest absolute Gasteiger partial charge is 0.506 e. The number of rotatable bonds is 6. The summed E-state index contributed by atoms with van der Waals surface area (Å²) in [4.78, 5) is 15.7. The molecule has 1 amide bonds. The Morgan fingerprint density at radius 2 is 1.56 bits per heavy atom. The van der Waals surface area contributed by atoms with Crippen LogP contribution in [-0.2, 0) is 0 Å². The molecule has 4 rings (SSSR count). The van der Waals surface area contributed by atoms with E-state index >= 15 is 0 Å². The number of phenolic OH excluding ortho intramolecular Hbond substituents is 1. The van der Waals surface area contributed by atoms with E-state index in [0.29, 0.717) is 16.9 Å². The Balaban J connectivity index is 1.44. The first-order chi connectivity index (χ1) is 15.5. The van der Waals surface area contributed by atoms with Crippen LogP contribution in [0.4, 0.5) is 22.7 Å². The summed E-state index contributed by atoms with van der Waals surface area (Å²) in [6, 6.07) is 23.7. The lowest BCUT2D eigenvalue weighted by Crippen LogP contribution is -2.11. The predicted molar refractivity (Wildman–Crippen MR) is 131 cm³/mol. The highest BCUT2D eigenvalue weighted by Gasteiger charge is 2.11. The van der Waals surface area contributed by atoms with Crippen LogP contribution in [0.2, 0.25) is 0 Å². The zero-order valence-corrected chi connectivity index (χ0v) is 18.5. The van der Waals surface area contributed by atoms with E-state index in [9.17, 15) is 9.90 Å². The average molecular weight is 443 g/mol. The third kappa shape index (κ3) is 5.01. The van der Waals surface area contributed by atoms with Crippen molar-refractivity contribution in [3.8, 4) is 16.2 Å².